The number of ether oxygens (including phenoxy) is 1. The SMILES string of the molecule is CCCCCC(CCC(=O)OC)NC(CC)C(N)=O. The highest BCUT2D eigenvalue weighted by Crippen LogP contribution is 2.11. The molecule has 2 atom stereocenters. The van der Waals surface area contributed by atoms with Crippen molar-refractivity contribution in [1.29, 1.82) is 0 Å². The van der Waals surface area contributed by atoms with Crippen LogP contribution in [0.3, 0.4) is 0 Å². The summed E-state index contributed by atoms with van der Waals surface area (Å²) in [6.07, 6.45) is 6.06. The molecule has 0 radical (unpaired) electrons. The number of unbranched alkanes of at least 4 members (excludes halogenated alkanes) is 2. The maximum Gasteiger partial charge on any atom is 0.305 e. The largest absolute Gasteiger partial charge is 0.469 e. The summed E-state index contributed by atoms with van der Waals surface area (Å²) in [6, 6.07) is -0.174. The second-order valence-corrected chi connectivity index (χ2v) is 4.84. The molecular formula is C14H28N2O3. The number of esters is 1. The van der Waals surface area contributed by atoms with Gasteiger partial charge in [-0.1, -0.05) is 33.1 Å². The molecule has 0 aromatic carbocycles. The lowest BCUT2D eigenvalue weighted by molar-refractivity contribution is -0.140. The molecule has 0 saturated heterocycles. The fourth-order valence-electron chi connectivity index (χ4n) is 2.03. The minimum Gasteiger partial charge on any atom is -0.469 e. The molecule has 0 aliphatic rings. The van der Waals surface area contributed by atoms with Crippen molar-refractivity contribution in [3.8, 4) is 0 Å². The van der Waals surface area contributed by atoms with Crippen LogP contribution in [0.15, 0.2) is 0 Å². The number of nitrogens with one attached hydrogen (secondary N) is 1. The predicted molar refractivity (Wildman–Crippen MR) is 75.6 cm³/mol. The first-order valence-corrected chi connectivity index (χ1v) is 7.17. The van der Waals surface area contributed by atoms with Crippen molar-refractivity contribution in [2.75, 3.05) is 7.11 Å². The fourth-order valence-corrected chi connectivity index (χ4v) is 2.03. The number of nitrogens with two attached hydrogens (primary N) is 1. The summed E-state index contributed by atoms with van der Waals surface area (Å²) in [5.74, 6) is -0.546. The van der Waals surface area contributed by atoms with E-state index in [-0.39, 0.29) is 24.0 Å². The zero-order chi connectivity index (χ0) is 14.7. The minimum atomic E-state index is -0.332. The number of hydrogen-bond donors (Lipinski definition) is 2. The molecule has 2 unspecified atom stereocenters. The van der Waals surface area contributed by atoms with E-state index in [1.165, 1.54) is 7.11 Å². The number of primary amides is 1. The van der Waals surface area contributed by atoms with Gasteiger partial charge in [0.2, 0.25) is 5.91 Å². The van der Waals surface area contributed by atoms with Gasteiger partial charge in [0.25, 0.3) is 0 Å². The molecule has 1 amide bonds. The topological polar surface area (TPSA) is 81.4 Å². The summed E-state index contributed by atoms with van der Waals surface area (Å²) in [4.78, 5) is 22.5. The van der Waals surface area contributed by atoms with Crippen molar-refractivity contribution in [3.63, 3.8) is 0 Å². The lowest BCUT2D eigenvalue weighted by Crippen LogP contribution is -2.46. The monoisotopic (exact) mass is 272 g/mol. The molecule has 0 aliphatic carbocycles. The standard InChI is InChI=1S/C14H28N2O3/c1-4-6-7-8-11(9-10-13(17)19-3)16-12(5-2)14(15)18/h11-12,16H,4-10H2,1-3H3,(H2,15,18). The minimum absolute atomic E-state index is 0.142. The van der Waals surface area contributed by atoms with Gasteiger partial charge in [-0.15, -0.1) is 0 Å². The zero-order valence-electron chi connectivity index (χ0n) is 12.4. The maximum atomic E-state index is 11.3. The molecule has 0 heterocycles. The van der Waals surface area contributed by atoms with Gasteiger partial charge in [0.15, 0.2) is 0 Å². The lowest BCUT2D eigenvalue weighted by atomic mass is 10.0. The Morgan fingerprint density at radius 3 is 2.37 bits per heavy atom. The Hall–Kier alpha value is -1.10. The second-order valence-electron chi connectivity index (χ2n) is 4.84. The molecule has 19 heavy (non-hydrogen) atoms. The van der Waals surface area contributed by atoms with E-state index in [1.54, 1.807) is 0 Å². The maximum absolute atomic E-state index is 11.3. The van der Waals surface area contributed by atoms with Crippen LogP contribution in [-0.2, 0) is 14.3 Å². The molecule has 0 rings (SSSR count). The first-order chi connectivity index (χ1) is 9.04. The van der Waals surface area contributed by atoms with E-state index in [2.05, 4.69) is 17.0 Å². The lowest BCUT2D eigenvalue weighted by Gasteiger charge is -2.23. The molecule has 0 aromatic heterocycles. The van der Waals surface area contributed by atoms with Crippen LogP contribution < -0.4 is 11.1 Å². The Labute approximate surface area is 116 Å². The second kappa shape index (κ2) is 10.8. The van der Waals surface area contributed by atoms with Crippen molar-refractivity contribution in [2.45, 2.75) is 70.9 Å². The first kappa shape index (κ1) is 17.9. The Morgan fingerprint density at radius 2 is 1.89 bits per heavy atom. The van der Waals surface area contributed by atoms with Crippen LogP contribution in [0.4, 0.5) is 0 Å². The summed E-state index contributed by atoms with van der Waals surface area (Å²) < 4.78 is 4.65. The van der Waals surface area contributed by atoms with Crippen molar-refractivity contribution in [1.82, 2.24) is 5.32 Å². The number of carbonyl (C=O) groups excluding carboxylic acids is 2. The molecule has 0 aromatic rings. The summed E-state index contributed by atoms with van der Waals surface area (Å²) >= 11 is 0. The molecule has 3 N–H and O–H groups in total. The van der Waals surface area contributed by atoms with Gasteiger partial charge in [-0.2, -0.15) is 0 Å². The molecule has 5 nitrogen and oxygen atoms in total. The highest BCUT2D eigenvalue weighted by molar-refractivity contribution is 5.79. The Bertz CT molecular complexity index is 269. The van der Waals surface area contributed by atoms with E-state index in [9.17, 15) is 9.59 Å². The van der Waals surface area contributed by atoms with Gasteiger partial charge < -0.3 is 15.8 Å². The molecule has 112 valence electrons. The molecule has 0 aliphatic heterocycles. The smallest absolute Gasteiger partial charge is 0.305 e. The summed E-state index contributed by atoms with van der Waals surface area (Å²) in [7, 11) is 1.39. The normalized spacial score (nSPS) is 13.8. The molecule has 0 bridgehead atoms. The Kier molecular flexibility index (Phi) is 10.2. The van der Waals surface area contributed by atoms with Gasteiger partial charge in [0, 0.05) is 12.5 Å². The first-order valence-electron chi connectivity index (χ1n) is 7.17. The van der Waals surface area contributed by atoms with Crippen LogP contribution in [-0.4, -0.2) is 31.1 Å². The van der Waals surface area contributed by atoms with Crippen LogP contribution >= 0.6 is 0 Å². The van der Waals surface area contributed by atoms with Crippen molar-refractivity contribution in [3.05, 3.63) is 0 Å². The number of hydrogen-bond acceptors (Lipinski definition) is 4. The molecule has 5 heteroatoms. The number of rotatable bonds is 11. The van der Waals surface area contributed by atoms with E-state index in [4.69, 9.17) is 5.73 Å². The Balaban J connectivity index is 4.30. The van der Waals surface area contributed by atoms with E-state index >= 15 is 0 Å². The number of methoxy groups -OCH3 is 1. The van der Waals surface area contributed by atoms with E-state index in [1.807, 2.05) is 6.92 Å². The highest BCUT2D eigenvalue weighted by atomic mass is 16.5. The third-order valence-electron chi connectivity index (χ3n) is 3.27. The van der Waals surface area contributed by atoms with Crippen molar-refractivity contribution >= 4 is 11.9 Å². The molecule has 0 spiro atoms. The number of amides is 1. The van der Waals surface area contributed by atoms with Crippen LogP contribution in [0, 0.1) is 0 Å². The average molecular weight is 272 g/mol. The summed E-state index contributed by atoms with van der Waals surface area (Å²) in [6.45, 7) is 4.07. The molecule has 0 saturated carbocycles. The van der Waals surface area contributed by atoms with Crippen molar-refractivity contribution < 1.29 is 14.3 Å². The average Bonchev–Trinajstić information content (AvgIpc) is 2.40. The van der Waals surface area contributed by atoms with E-state index in [0.717, 1.165) is 25.7 Å². The fraction of sp³-hybridized carbons (Fsp3) is 0.857. The number of carbonyl (C=O) groups is 2. The highest BCUT2D eigenvalue weighted by Gasteiger charge is 2.18. The van der Waals surface area contributed by atoms with Gasteiger partial charge >= 0.3 is 5.97 Å². The van der Waals surface area contributed by atoms with Crippen molar-refractivity contribution in [2.24, 2.45) is 5.73 Å². The Morgan fingerprint density at radius 1 is 1.21 bits per heavy atom. The van der Waals surface area contributed by atoms with Crippen LogP contribution in [0.2, 0.25) is 0 Å². The third-order valence-corrected chi connectivity index (χ3v) is 3.27. The van der Waals surface area contributed by atoms with E-state index < -0.39 is 0 Å². The summed E-state index contributed by atoms with van der Waals surface area (Å²) in [5.41, 5.74) is 5.34. The third kappa shape index (κ3) is 8.59. The van der Waals surface area contributed by atoms with E-state index in [0.29, 0.717) is 19.3 Å². The quantitative estimate of drug-likeness (QED) is 0.443. The van der Waals surface area contributed by atoms with Gasteiger partial charge in [0.1, 0.15) is 0 Å². The predicted octanol–water partition coefficient (Wildman–Crippen LogP) is 1.74. The van der Waals surface area contributed by atoms with Gasteiger partial charge in [-0.05, 0) is 19.3 Å². The molecule has 0 fully saturated rings. The van der Waals surface area contributed by atoms with Crippen LogP contribution in [0.1, 0.15) is 58.8 Å². The molecular weight excluding hydrogens is 244 g/mol. The summed E-state index contributed by atoms with van der Waals surface area (Å²) in [5, 5.41) is 3.26. The zero-order valence-corrected chi connectivity index (χ0v) is 12.4. The van der Waals surface area contributed by atoms with Crippen LogP contribution in [0.5, 0.6) is 0 Å². The van der Waals surface area contributed by atoms with Gasteiger partial charge in [0.05, 0.1) is 13.2 Å². The van der Waals surface area contributed by atoms with Crippen LogP contribution in [0.25, 0.3) is 0 Å². The van der Waals surface area contributed by atoms with Gasteiger partial charge in [-0.3, -0.25) is 9.59 Å². The van der Waals surface area contributed by atoms with Gasteiger partial charge in [-0.25, -0.2) is 0 Å².